The fourth-order valence-electron chi connectivity index (χ4n) is 3.80. The lowest BCUT2D eigenvalue weighted by atomic mass is 9.99. The minimum Gasteiger partial charge on any atom is -0.488 e. The van der Waals surface area contributed by atoms with Gasteiger partial charge in [0.05, 0.1) is 19.8 Å². The van der Waals surface area contributed by atoms with Gasteiger partial charge >= 0.3 is 0 Å². The van der Waals surface area contributed by atoms with Gasteiger partial charge in [-0.05, 0) is 29.8 Å². The van der Waals surface area contributed by atoms with E-state index < -0.39 is 37.3 Å². The molecule has 2 saturated heterocycles. The van der Waals surface area contributed by atoms with Crippen molar-refractivity contribution in [1.82, 2.24) is 0 Å². The van der Waals surface area contributed by atoms with Crippen LogP contribution in [0.1, 0.15) is 17.5 Å². The molecule has 0 aromatic heterocycles. The van der Waals surface area contributed by atoms with Crippen molar-refractivity contribution in [3.63, 3.8) is 0 Å². The van der Waals surface area contributed by atoms with Gasteiger partial charge in [0.25, 0.3) is 0 Å². The molecule has 0 aliphatic carbocycles. The summed E-state index contributed by atoms with van der Waals surface area (Å²) in [5, 5.41) is 40.1. The summed E-state index contributed by atoms with van der Waals surface area (Å²) in [5.41, 5.74) is 1.63. The van der Waals surface area contributed by atoms with Crippen LogP contribution in [0.3, 0.4) is 0 Å². The minimum absolute atomic E-state index is 0.0722. The largest absolute Gasteiger partial charge is 0.488 e. The molecule has 9 heteroatoms. The van der Waals surface area contributed by atoms with Gasteiger partial charge in [-0.1, -0.05) is 29.8 Å². The summed E-state index contributed by atoms with van der Waals surface area (Å²) in [4.78, 5) is 0. The summed E-state index contributed by atoms with van der Waals surface area (Å²) < 4.78 is 22.5. The third-order valence-electron chi connectivity index (χ3n) is 5.66. The molecule has 174 valence electrons. The molecule has 0 spiro atoms. The molecule has 32 heavy (non-hydrogen) atoms. The van der Waals surface area contributed by atoms with Crippen molar-refractivity contribution in [2.45, 2.75) is 49.7 Å². The lowest BCUT2D eigenvalue weighted by Crippen LogP contribution is -2.60. The Balaban J connectivity index is 1.48. The Hall–Kier alpha value is -1.91. The van der Waals surface area contributed by atoms with E-state index in [-0.39, 0.29) is 6.10 Å². The summed E-state index contributed by atoms with van der Waals surface area (Å²) >= 11 is 6.43. The van der Waals surface area contributed by atoms with Crippen LogP contribution in [0.25, 0.3) is 0 Å². The Kier molecular flexibility index (Phi) is 7.52. The predicted molar refractivity (Wildman–Crippen MR) is 115 cm³/mol. The summed E-state index contributed by atoms with van der Waals surface area (Å²) in [6.45, 7) is 0.779. The number of aliphatic hydroxyl groups excluding tert-OH is 4. The lowest BCUT2D eigenvalue weighted by molar-refractivity contribution is -0.277. The van der Waals surface area contributed by atoms with Crippen LogP contribution in [0.15, 0.2) is 42.5 Å². The van der Waals surface area contributed by atoms with Gasteiger partial charge in [-0.3, -0.25) is 0 Å². The molecule has 0 saturated carbocycles. The molecule has 4 N–H and O–H groups in total. The smallest absolute Gasteiger partial charge is 0.229 e. The maximum absolute atomic E-state index is 10.3. The second-order valence-electron chi connectivity index (χ2n) is 7.96. The number of benzene rings is 2. The van der Waals surface area contributed by atoms with Gasteiger partial charge in [0.15, 0.2) is 0 Å². The van der Waals surface area contributed by atoms with Gasteiger partial charge < -0.3 is 39.4 Å². The SMILES string of the molecule is OC[C@H]1O[C@@H](Oc2cccc(Cl)c2Cc2ccc(O[C@H]3CCOC3)cc2)[C@H](O)[C@@H](O)[C@@H]1O. The molecule has 6 atom stereocenters. The van der Waals surface area contributed by atoms with Crippen LogP contribution in [0.2, 0.25) is 5.02 Å². The fourth-order valence-corrected chi connectivity index (χ4v) is 4.03. The second kappa shape index (κ2) is 10.4. The molecule has 2 fully saturated rings. The zero-order chi connectivity index (χ0) is 22.7. The van der Waals surface area contributed by atoms with Crippen molar-refractivity contribution in [3.8, 4) is 11.5 Å². The Morgan fingerprint density at radius 2 is 1.75 bits per heavy atom. The third kappa shape index (κ3) is 5.18. The van der Waals surface area contributed by atoms with Crippen molar-refractivity contribution in [3.05, 3.63) is 58.6 Å². The van der Waals surface area contributed by atoms with E-state index in [1.165, 1.54) is 0 Å². The van der Waals surface area contributed by atoms with E-state index in [9.17, 15) is 20.4 Å². The highest BCUT2D eigenvalue weighted by Crippen LogP contribution is 2.32. The standard InChI is InChI=1S/C23H27ClO8/c24-17-2-1-3-18(31-23-22(28)21(27)20(26)19(11-25)32-23)16(17)10-13-4-6-14(7-5-13)30-15-8-9-29-12-15/h1-7,15,19-23,25-28H,8-12H2/t15-,19+,20+,21-,22+,23+/m0/s1. The van der Waals surface area contributed by atoms with Gasteiger partial charge in [-0.2, -0.15) is 0 Å². The quantitative estimate of drug-likeness (QED) is 0.482. The summed E-state index contributed by atoms with van der Waals surface area (Å²) in [6, 6.07) is 12.8. The van der Waals surface area contributed by atoms with Crippen LogP contribution in [0, 0.1) is 0 Å². The van der Waals surface area contributed by atoms with Crippen molar-refractivity contribution in [1.29, 1.82) is 0 Å². The fraction of sp³-hybridized carbons (Fsp3) is 0.478. The topological polar surface area (TPSA) is 118 Å². The Morgan fingerprint density at radius 1 is 0.969 bits per heavy atom. The van der Waals surface area contributed by atoms with Gasteiger partial charge in [0.1, 0.15) is 42.0 Å². The van der Waals surface area contributed by atoms with Crippen LogP contribution in [-0.2, 0) is 15.9 Å². The number of halogens is 1. The first-order valence-corrected chi connectivity index (χ1v) is 10.9. The Morgan fingerprint density at radius 3 is 2.44 bits per heavy atom. The highest BCUT2D eigenvalue weighted by atomic mass is 35.5. The molecule has 8 nitrogen and oxygen atoms in total. The predicted octanol–water partition coefficient (Wildman–Crippen LogP) is 1.28. The average Bonchev–Trinajstić information content (AvgIpc) is 3.30. The number of aliphatic hydroxyl groups is 4. The molecule has 0 unspecified atom stereocenters. The first-order valence-electron chi connectivity index (χ1n) is 10.5. The zero-order valence-corrected chi connectivity index (χ0v) is 18.1. The monoisotopic (exact) mass is 466 g/mol. The third-order valence-corrected chi connectivity index (χ3v) is 6.02. The molecule has 0 bridgehead atoms. The van der Waals surface area contributed by atoms with Crippen LogP contribution in [-0.4, -0.2) is 77.1 Å². The molecular weight excluding hydrogens is 440 g/mol. The normalized spacial score (nSPS) is 30.3. The molecule has 0 amide bonds. The second-order valence-corrected chi connectivity index (χ2v) is 8.36. The van der Waals surface area contributed by atoms with E-state index in [0.29, 0.717) is 36.0 Å². The maximum atomic E-state index is 10.3. The van der Waals surface area contributed by atoms with E-state index >= 15 is 0 Å². The van der Waals surface area contributed by atoms with E-state index in [1.54, 1.807) is 18.2 Å². The Bertz CT molecular complexity index is 884. The van der Waals surface area contributed by atoms with Crippen LogP contribution in [0.5, 0.6) is 11.5 Å². The Labute approximate surface area is 190 Å². The first kappa shape index (κ1) is 23.3. The molecule has 0 radical (unpaired) electrons. The molecule has 4 rings (SSSR count). The van der Waals surface area contributed by atoms with Gasteiger partial charge in [0.2, 0.25) is 6.29 Å². The molecule has 2 aromatic rings. The summed E-state index contributed by atoms with van der Waals surface area (Å²) in [6.07, 6.45) is -5.43. The molecule has 2 aromatic carbocycles. The van der Waals surface area contributed by atoms with Crippen molar-refractivity contribution < 1.29 is 39.4 Å². The van der Waals surface area contributed by atoms with Crippen LogP contribution < -0.4 is 9.47 Å². The van der Waals surface area contributed by atoms with Crippen molar-refractivity contribution in [2.75, 3.05) is 19.8 Å². The zero-order valence-electron chi connectivity index (χ0n) is 17.3. The van der Waals surface area contributed by atoms with E-state index in [1.807, 2.05) is 24.3 Å². The van der Waals surface area contributed by atoms with E-state index in [2.05, 4.69) is 0 Å². The van der Waals surface area contributed by atoms with Gasteiger partial charge in [-0.15, -0.1) is 0 Å². The van der Waals surface area contributed by atoms with Crippen molar-refractivity contribution >= 4 is 11.6 Å². The number of hydrogen-bond acceptors (Lipinski definition) is 8. The van der Waals surface area contributed by atoms with Crippen LogP contribution in [0.4, 0.5) is 0 Å². The van der Waals surface area contributed by atoms with Gasteiger partial charge in [-0.25, -0.2) is 0 Å². The highest BCUT2D eigenvalue weighted by molar-refractivity contribution is 6.31. The molecule has 2 heterocycles. The van der Waals surface area contributed by atoms with Crippen molar-refractivity contribution in [2.24, 2.45) is 0 Å². The average molecular weight is 467 g/mol. The molecule has 2 aliphatic rings. The maximum Gasteiger partial charge on any atom is 0.229 e. The summed E-state index contributed by atoms with van der Waals surface area (Å²) in [5.74, 6) is 1.13. The lowest BCUT2D eigenvalue weighted by Gasteiger charge is -2.39. The molecular formula is C23H27ClO8. The van der Waals surface area contributed by atoms with Gasteiger partial charge in [0, 0.05) is 23.4 Å². The number of ether oxygens (including phenoxy) is 4. The highest BCUT2D eigenvalue weighted by Gasteiger charge is 2.44. The minimum atomic E-state index is -1.52. The molecule has 2 aliphatic heterocycles. The van der Waals surface area contributed by atoms with Crippen LogP contribution >= 0.6 is 11.6 Å². The van der Waals surface area contributed by atoms with E-state index in [4.69, 9.17) is 30.5 Å². The first-order chi connectivity index (χ1) is 15.5. The summed E-state index contributed by atoms with van der Waals surface area (Å²) in [7, 11) is 0. The van der Waals surface area contributed by atoms with E-state index in [0.717, 1.165) is 17.7 Å². The number of hydrogen-bond donors (Lipinski definition) is 4. The number of rotatable bonds is 7.